The van der Waals surface area contributed by atoms with Crippen LogP contribution in [0, 0.1) is 5.82 Å². The van der Waals surface area contributed by atoms with Gasteiger partial charge in [-0.3, -0.25) is 9.78 Å². The number of anilines is 1. The predicted octanol–water partition coefficient (Wildman–Crippen LogP) is 3.03. The molecule has 1 saturated heterocycles. The minimum atomic E-state index is -0.584. The number of amides is 1. The molecule has 6 heterocycles. The van der Waals surface area contributed by atoms with Crippen molar-refractivity contribution < 1.29 is 9.18 Å². The fourth-order valence-corrected chi connectivity index (χ4v) is 5.63. The molecule has 0 radical (unpaired) electrons. The molecule has 1 fully saturated rings. The first-order valence-electron chi connectivity index (χ1n) is 13.6. The molecule has 2 aliphatic rings. The zero-order valence-electron chi connectivity index (χ0n) is 23.2. The number of carbonyl (C=O) groups excluding carboxylic acids is 1. The number of allylic oxidation sites excluding steroid dienone is 2. The van der Waals surface area contributed by atoms with Crippen molar-refractivity contribution in [2.24, 2.45) is 0 Å². The van der Waals surface area contributed by atoms with Crippen molar-refractivity contribution in [3.8, 4) is 17.1 Å². The molecule has 11 nitrogen and oxygen atoms in total. The van der Waals surface area contributed by atoms with Crippen LogP contribution in [0.4, 0.5) is 10.2 Å². The van der Waals surface area contributed by atoms with Gasteiger partial charge in [-0.25, -0.2) is 23.4 Å². The molecule has 0 N–H and O–H groups in total. The van der Waals surface area contributed by atoms with E-state index in [0.717, 1.165) is 11.3 Å². The molecule has 6 rings (SSSR count). The van der Waals surface area contributed by atoms with Gasteiger partial charge in [0.15, 0.2) is 11.5 Å². The van der Waals surface area contributed by atoms with Gasteiger partial charge in [0.2, 0.25) is 5.91 Å². The number of fused-ring (bicyclic) bond motifs is 5. The van der Waals surface area contributed by atoms with E-state index >= 15 is 4.39 Å². The van der Waals surface area contributed by atoms with Gasteiger partial charge < -0.3 is 9.80 Å². The highest BCUT2D eigenvalue weighted by Crippen LogP contribution is 2.33. The number of rotatable bonds is 3. The third-order valence-corrected chi connectivity index (χ3v) is 7.64. The molecule has 4 aromatic heterocycles. The van der Waals surface area contributed by atoms with Crippen molar-refractivity contribution in [1.29, 1.82) is 0 Å². The van der Waals surface area contributed by atoms with Gasteiger partial charge in [-0.1, -0.05) is 37.8 Å². The van der Waals surface area contributed by atoms with Crippen LogP contribution in [0.25, 0.3) is 28.1 Å². The average Bonchev–Trinajstić information content (AvgIpc) is 3.42. The van der Waals surface area contributed by atoms with Crippen LogP contribution in [0.3, 0.4) is 0 Å². The van der Waals surface area contributed by atoms with E-state index < -0.39 is 11.5 Å². The van der Waals surface area contributed by atoms with E-state index in [1.807, 2.05) is 43.9 Å². The van der Waals surface area contributed by atoms with Crippen LogP contribution >= 0.6 is 0 Å². The van der Waals surface area contributed by atoms with Crippen molar-refractivity contribution >= 4 is 22.8 Å². The second kappa shape index (κ2) is 10.3. The highest BCUT2D eigenvalue weighted by Gasteiger charge is 2.31. The number of carbonyl (C=O) groups is 1. The van der Waals surface area contributed by atoms with Gasteiger partial charge in [0.1, 0.15) is 17.2 Å². The van der Waals surface area contributed by atoms with Gasteiger partial charge in [-0.15, -0.1) is 5.10 Å². The Labute approximate surface area is 235 Å². The molecule has 41 heavy (non-hydrogen) atoms. The fourth-order valence-electron chi connectivity index (χ4n) is 5.63. The Morgan fingerprint density at radius 2 is 2.05 bits per heavy atom. The van der Waals surface area contributed by atoms with Crippen LogP contribution < -0.4 is 10.6 Å². The van der Waals surface area contributed by atoms with Gasteiger partial charge in [-0.05, 0) is 43.0 Å². The smallest absolute Gasteiger partial charge is 0.350 e. The quantitative estimate of drug-likeness (QED) is 0.280. The molecular formula is C29H30FN9O2. The Kier molecular flexibility index (Phi) is 6.68. The van der Waals surface area contributed by atoms with Crippen LogP contribution in [0.2, 0.25) is 0 Å². The molecule has 0 aromatic carbocycles. The molecule has 2 aliphatic heterocycles. The first kappa shape index (κ1) is 26.5. The number of nitrogens with zero attached hydrogens (tertiary/aromatic N) is 9. The van der Waals surface area contributed by atoms with Crippen molar-refractivity contribution in [1.82, 2.24) is 39.4 Å². The Hall–Kier alpha value is -4.74. The topological polar surface area (TPSA) is 115 Å². The number of halogens is 1. The highest BCUT2D eigenvalue weighted by atomic mass is 19.1. The monoisotopic (exact) mass is 555 g/mol. The number of pyridine rings is 2. The van der Waals surface area contributed by atoms with Gasteiger partial charge in [-0.2, -0.15) is 4.98 Å². The molecule has 0 saturated carbocycles. The summed E-state index contributed by atoms with van der Waals surface area (Å²) in [7, 11) is 0. The van der Waals surface area contributed by atoms with Crippen LogP contribution in [-0.4, -0.2) is 71.0 Å². The Balaban J connectivity index is 1.66. The minimum Gasteiger partial charge on any atom is -0.350 e. The van der Waals surface area contributed by atoms with Crippen molar-refractivity contribution in [3.05, 3.63) is 76.9 Å². The van der Waals surface area contributed by atoms with Gasteiger partial charge in [0.05, 0.1) is 29.5 Å². The summed E-state index contributed by atoms with van der Waals surface area (Å²) >= 11 is 0. The zero-order chi connectivity index (χ0) is 28.8. The standard InChI is InChI=1S/C29H30FN9O2/c1-5-23(40)36-12-13-37(18(4)16-36)27-20-14-21(30)25-22-15-32-35-38(22)11-7-6-8-19-9-10-31-24(17(2)3)26(19)39(28(20)33-25)29(41)34-27/h5-7,9-10,14-15,17-18H,1,8,11-13,16H2,2-4H3/b7-6-/t18-/m0/s1. The van der Waals surface area contributed by atoms with E-state index in [9.17, 15) is 9.59 Å². The SMILES string of the molecule is C=CC(=O)N1CCN(c2nc(=O)n3c4nc(c(F)cc24)-c2cnnn2C/C=C\Cc2ccnc(C(C)C)c2-3)[C@@H](C)C1. The molecule has 0 spiro atoms. The first-order valence-corrected chi connectivity index (χ1v) is 13.6. The Morgan fingerprint density at radius 1 is 1.22 bits per heavy atom. The second-order valence-corrected chi connectivity index (χ2v) is 10.6. The van der Waals surface area contributed by atoms with Crippen LogP contribution in [0.1, 0.15) is 37.9 Å². The summed E-state index contributed by atoms with van der Waals surface area (Å²) in [6.07, 6.45) is 8.95. The molecule has 0 unspecified atom stereocenters. The predicted molar refractivity (Wildman–Crippen MR) is 152 cm³/mol. The van der Waals surface area contributed by atoms with E-state index in [1.165, 1.54) is 22.9 Å². The normalized spacial score (nSPS) is 17.6. The van der Waals surface area contributed by atoms with Gasteiger partial charge in [0.25, 0.3) is 0 Å². The Morgan fingerprint density at radius 3 is 2.80 bits per heavy atom. The van der Waals surface area contributed by atoms with E-state index in [0.29, 0.717) is 55.2 Å². The maximum atomic E-state index is 15.9. The number of aromatic nitrogens is 7. The second-order valence-electron chi connectivity index (χ2n) is 10.6. The molecule has 12 heteroatoms. The molecule has 210 valence electrons. The van der Waals surface area contributed by atoms with Gasteiger partial charge >= 0.3 is 5.69 Å². The molecule has 2 bridgehead atoms. The molecular weight excluding hydrogens is 525 g/mol. The largest absolute Gasteiger partial charge is 0.355 e. The van der Waals surface area contributed by atoms with Crippen molar-refractivity contribution in [2.45, 2.75) is 45.7 Å². The molecule has 1 amide bonds. The van der Waals surface area contributed by atoms with E-state index in [-0.39, 0.29) is 29.2 Å². The van der Waals surface area contributed by atoms with Crippen LogP contribution in [0.5, 0.6) is 0 Å². The molecule has 4 aromatic rings. The maximum Gasteiger partial charge on any atom is 0.355 e. The summed E-state index contributed by atoms with van der Waals surface area (Å²) in [6.45, 7) is 11.2. The summed E-state index contributed by atoms with van der Waals surface area (Å²) in [4.78, 5) is 43.9. The number of hydrogen-bond acceptors (Lipinski definition) is 8. The summed E-state index contributed by atoms with van der Waals surface area (Å²) in [5.41, 5.74) is 2.35. The number of piperazine rings is 1. The zero-order valence-corrected chi connectivity index (χ0v) is 23.2. The third kappa shape index (κ3) is 4.48. The Bertz CT molecular complexity index is 1770. The van der Waals surface area contributed by atoms with E-state index in [2.05, 4.69) is 26.9 Å². The average molecular weight is 556 g/mol. The first-order chi connectivity index (χ1) is 19.8. The van der Waals surface area contributed by atoms with E-state index in [1.54, 1.807) is 15.8 Å². The lowest BCUT2D eigenvalue weighted by molar-refractivity contribution is -0.126. The summed E-state index contributed by atoms with van der Waals surface area (Å²) in [5, 5.41) is 8.51. The lowest BCUT2D eigenvalue weighted by Gasteiger charge is -2.40. The fraction of sp³-hybridized carbons (Fsp3) is 0.345. The number of hydrogen-bond donors (Lipinski definition) is 0. The summed E-state index contributed by atoms with van der Waals surface area (Å²) in [6, 6.07) is 3.07. The minimum absolute atomic E-state index is 0.00971. The van der Waals surface area contributed by atoms with Crippen molar-refractivity contribution in [3.63, 3.8) is 0 Å². The van der Waals surface area contributed by atoms with Gasteiger partial charge in [0, 0.05) is 31.9 Å². The van der Waals surface area contributed by atoms with Crippen molar-refractivity contribution in [2.75, 3.05) is 24.5 Å². The molecule has 0 aliphatic carbocycles. The third-order valence-electron chi connectivity index (χ3n) is 7.64. The van der Waals surface area contributed by atoms with Crippen LogP contribution in [0.15, 0.2) is 54.1 Å². The molecule has 1 atom stereocenters. The lowest BCUT2D eigenvalue weighted by atomic mass is 10.0. The lowest BCUT2D eigenvalue weighted by Crippen LogP contribution is -2.54. The summed E-state index contributed by atoms with van der Waals surface area (Å²) in [5.74, 6) is -0.427. The van der Waals surface area contributed by atoms with E-state index in [4.69, 9.17) is 4.98 Å². The summed E-state index contributed by atoms with van der Waals surface area (Å²) < 4.78 is 19.0. The maximum absolute atomic E-state index is 15.9. The highest BCUT2D eigenvalue weighted by molar-refractivity contribution is 5.91. The van der Waals surface area contributed by atoms with Crippen LogP contribution in [-0.2, 0) is 17.8 Å².